The van der Waals surface area contributed by atoms with Crippen molar-refractivity contribution in [2.24, 2.45) is 0 Å². The second-order valence-corrected chi connectivity index (χ2v) is 9.32. The Morgan fingerprint density at radius 2 is 1.42 bits per heavy atom. The number of hydrogen-bond donors (Lipinski definition) is 1. The smallest absolute Gasteiger partial charge is 0.190 e. The molecule has 0 aliphatic rings. The summed E-state index contributed by atoms with van der Waals surface area (Å²) in [5, 5.41) is 5.47. The standard InChI is InChI=1S/C26H29N4S/c1-30(2,19-21-11-5-3-6-12-21)18-17-27-25-23-15-9-10-16-24(23)28-26(29-25)31-20-22-13-7-4-8-14-22/h3-16H,17-20H2,1-2H3,(H,27,28,29)/q+1. The zero-order chi connectivity index (χ0) is 21.5. The fourth-order valence-corrected chi connectivity index (χ4v) is 4.42. The molecule has 31 heavy (non-hydrogen) atoms. The first kappa shape index (κ1) is 21.3. The molecule has 0 fully saturated rings. The molecule has 4 aromatic rings. The number of hydrogen-bond acceptors (Lipinski definition) is 4. The Labute approximate surface area is 188 Å². The van der Waals surface area contributed by atoms with Gasteiger partial charge in [0, 0.05) is 16.7 Å². The van der Waals surface area contributed by atoms with Crippen molar-refractivity contribution in [2.45, 2.75) is 17.5 Å². The van der Waals surface area contributed by atoms with Crippen LogP contribution in [0.25, 0.3) is 10.9 Å². The van der Waals surface area contributed by atoms with Crippen LogP contribution in [0.5, 0.6) is 0 Å². The lowest BCUT2D eigenvalue weighted by Gasteiger charge is -2.30. The SMILES string of the molecule is C[N+](C)(CCNc1nc(SCc2ccccc2)nc2ccccc12)Cc1ccccc1. The van der Waals surface area contributed by atoms with E-state index < -0.39 is 0 Å². The molecule has 0 amide bonds. The molecule has 4 nitrogen and oxygen atoms in total. The van der Waals surface area contributed by atoms with Crippen LogP contribution in [0.15, 0.2) is 90.1 Å². The number of aromatic nitrogens is 2. The van der Waals surface area contributed by atoms with Gasteiger partial charge in [-0.3, -0.25) is 0 Å². The Kier molecular flexibility index (Phi) is 6.85. The van der Waals surface area contributed by atoms with Crippen LogP contribution in [0.1, 0.15) is 11.1 Å². The topological polar surface area (TPSA) is 37.8 Å². The van der Waals surface area contributed by atoms with E-state index in [-0.39, 0.29) is 0 Å². The van der Waals surface area contributed by atoms with Gasteiger partial charge in [-0.25, -0.2) is 9.97 Å². The van der Waals surface area contributed by atoms with Crippen LogP contribution in [0.4, 0.5) is 5.82 Å². The van der Waals surface area contributed by atoms with E-state index in [4.69, 9.17) is 9.97 Å². The van der Waals surface area contributed by atoms with Gasteiger partial charge in [-0.2, -0.15) is 0 Å². The van der Waals surface area contributed by atoms with Crippen molar-refractivity contribution < 1.29 is 4.48 Å². The van der Waals surface area contributed by atoms with Crippen LogP contribution in [0, 0.1) is 0 Å². The maximum absolute atomic E-state index is 4.85. The molecular formula is C26H29N4S+. The molecule has 0 aliphatic carbocycles. The van der Waals surface area contributed by atoms with Gasteiger partial charge < -0.3 is 9.80 Å². The number of thioether (sulfide) groups is 1. The largest absolute Gasteiger partial charge is 0.364 e. The maximum atomic E-state index is 4.85. The minimum Gasteiger partial charge on any atom is -0.364 e. The van der Waals surface area contributed by atoms with E-state index in [1.807, 2.05) is 18.2 Å². The fraction of sp³-hybridized carbons (Fsp3) is 0.231. The van der Waals surface area contributed by atoms with Crippen molar-refractivity contribution in [2.75, 3.05) is 32.5 Å². The predicted molar refractivity (Wildman–Crippen MR) is 131 cm³/mol. The Morgan fingerprint density at radius 3 is 2.16 bits per heavy atom. The van der Waals surface area contributed by atoms with Gasteiger partial charge in [0.05, 0.1) is 32.7 Å². The molecule has 1 aromatic heterocycles. The number of para-hydroxylation sites is 1. The molecule has 0 spiro atoms. The Bertz CT molecular complexity index is 1110. The predicted octanol–water partition coefficient (Wildman–Crippen LogP) is 5.61. The van der Waals surface area contributed by atoms with Crippen LogP contribution in [-0.2, 0) is 12.3 Å². The fourth-order valence-electron chi connectivity index (χ4n) is 3.61. The second kappa shape index (κ2) is 9.94. The number of fused-ring (bicyclic) bond motifs is 1. The van der Waals surface area contributed by atoms with E-state index in [1.165, 1.54) is 11.1 Å². The molecule has 5 heteroatoms. The molecule has 3 aromatic carbocycles. The number of nitrogens with zero attached hydrogens (tertiary/aromatic N) is 3. The quantitative estimate of drug-likeness (QED) is 0.213. The lowest BCUT2D eigenvalue weighted by Crippen LogP contribution is -2.42. The summed E-state index contributed by atoms with van der Waals surface area (Å²) >= 11 is 1.68. The minimum atomic E-state index is 0.808. The maximum Gasteiger partial charge on any atom is 0.190 e. The summed E-state index contributed by atoms with van der Waals surface area (Å²) in [4.78, 5) is 9.62. The molecule has 0 aliphatic heterocycles. The van der Waals surface area contributed by atoms with Crippen LogP contribution in [-0.4, -0.2) is 41.6 Å². The van der Waals surface area contributed by atoms with Crippen LogP contribution in [0.3, 0.4) is 0 Å². The van der Waals surface area contributed by atoms with Crippen molar-refractivity contribution in [3.8, 4) is 0 Å². The second-order valence-electron chi connectivity index (χ2n) is 8.38. The van der Waals surface area contributed by atoms with Crippen molar-refractivity contribution in [3.05, 3.63) is 96.1 Å². The van der Waals surface area contributed by atoms with Gasteiger partial charge in [-0.1, -0.05) is 84.6 Å². The van der Waals surface area contributed by atoms with Crippen LogP contribution < -0.4 is 5.32 Å². The average molecular weight is 430 g/mol. The molecule has 0 bridgehead atoms. The summed E-state index contributed by atoms with van der Waals surface area (Å²) in [6.07, 6.45) is 0. The van der Waals surface area contributed by atoms with E-state index in [0.717, 1.165) is 51.7 Å². The van der Waals surface area contributed by atoms with E-state index in [9.17, 15) is 0 Å². The van der Waals surface area contributed by atoms with Crippen LogP contribution >= 0.6 is 11.8 Å². The van der Waals surface area contributed by atoms with E-state index >= 15 is 0 Å². The van der Waals surface area contributed by atoms with Crippen molar-refractivity contribution in [1.82, 2.24) is 9.97 Å². The molecule has 1 heterocycles. The molecule has 0 saturated heterocycles. The Balaban J connectivity index is 1.44. The summed E-state index contributed by atoms with van der Waals surface area (Å²) in [5.74, 6) is 1.78. The highest BCUT2D eigenvalue weighted by molar-refractivity contribution is 7.98. The highest BCUT2D eigenvalue weighted by atomic mass is 32.2. The third kappa shape index (κ3) is 6.06. The van der Waals surface area contributed by atoms with Gasteiger partial charge >= 0.3 is 0 Å². The normalized spacial score (nSPS) is 11.5. The van der Waals surface area contributed by atoms with Gasteiger partial charge in [-0.15, -0.1) is 0 Å². The number of rotatable bonds is 9. The monoisotopic (exact) mass is 429 g/mol. The van der Waals surface area contributed by atoms with Crippen LogP contribution in [0.2, 0.25) is 0 Å². The number of nitrogens with one attached hydrogen (secondary N) is 1. The average Bonchev–Trinajstić information content (AvgIpc) is 2.78. The number of benzene rings is 3. The van der Waals surface area contributed by atoms with E-state index in [1.54, 1.807) is 11.8 Å². The lowest BCUT2D eigenvalue weighted by molar-refractivity contribution is -0.902. The lowest BCUT2D eigenvalue weighted by atomic mass is 10.2. The third-order valence-corrected chi connectivity index (χ3v) is 6.17. The third-order valence-electron chi connectivity index (χ3n) is 5.26. The Morgan fingerprint density at radius 1 is 0.774 bits per heavy atom. The molecule has 0 unspecified atom stereocenters. The number of likely N-dealkylation sites (N-methyl/N-ethyl adjacent to an activating group) is 1. The molecular weight excluding hydrogens is 400 g/mol. The molecule has 4 rings (SSSR count). The van der Waals surface area contributed by atoms with E-state index in [2.05, 4.69) is 86.1 Å². The van der Waals surface area contributed by atoms with Gasteiger partial charge in [0.1, 0.15) is 12.4 Å². The number of quaternary nitrogens is 1. The summed E-state index contributed by atoms with van der Waals surface area (Å²) in [6.45, 7) is 2.86. The summed E-state index contributed by atoms with van der Waals surface area (Å²) < 4.78 is 0.912. The van der Waals surface area contributed by atoms with Crippen molar-refractivity contribution in [3.63, 3.8) is 0 Å². The molecule has 0 atom stereocenters. The Hall–Kier alpha value is -2.89. The molecule has 1 N–H and O–H groups in total. The summed E-state index contributed by atoms with van der Waals surface area (Å²) in [6, 6.07) is 29.4. The molecule has 0 radical (unpaired) electrons. The number of anilines is 1. The first-order valence-electron chi connectivity index (χ1n) is 10.6. The zero-order valence-corrected chi connectivity index (χ0v) is 19.0. The van der Waals surface area contributed by atoms with E-state index in [0.29, 0.717) is 0 Å². The van der Waals surface area contributed by atoms with Gasteiger partial charge in [-0.05, 0) is 17.7 Å². The minimum absolute atomic E-state index is 0.808. The summed E-state index contributed by atoms with van der Waals surface area (Å²) in [7, 11) is 4.54. The van der Waals surface area contributed by atoms with Gasteiger partial charge in [0.15, 0.2) is 5.16 Å². The highest BCUT2D eigenvalue weighted by Gasteiger charge is 2.16. The van der Waals surface area contributed by atoms with Crippen molar-refractivity contribution >= 4 is 28.5 Å². The van der Waals surface area contributed by atoms with Gasteiger partial charge in [0.2, 0.25) is 0 Å². The molecule has 158 valence electrons. The van der Waals surface area contributed by atoms with Gasteiger partial charge in [0.25, 0.3) is 0 Å². The summed E-state index contributed by atoms with van der Waals surface area (Å²) in [5.41, 5.74) is 3.62. The molecule has 0 saturated carbocycles. The highest BCUT2D eigenvalue weighted by Crippen LogP contribution is 2.26. The first-order valence-corrected chi connectivity index (χ1v) is 11.6. The first-order chi connectivity index (χ1) is 15.1. The zero-order valence-electron chi connectivity index (χ0n) is 18.2. The van der Waals surface area contributed by atoms with Crippen molar-refractivity contribution in [1.29, 1.82) is 0 Å².